The van der Waals surface area contributed by atoms with Crippen LogP contribution >= 0.6 is 0 Å². The molecule has 0 spiro atoms. The van der Waals surface area contributed by atoms with E-state index in [9.17, 15) is 13.2 Å². The van der Waals surface area contributed by atoms with Gasteiger partial charge in [0.1, 0.15) is 5.75 Å². The molecular weight excluding hydrogens is 242 g/mol. The SMILES string of the molecule is CCNC(CC)CCCS(=O)(=O)CC(=O)OC. The lowest BCUT2D eigenvalue weighted by Gasteiger charge is -2.15. The molecule has 1 N–H and O–H groups in total. The third-order valence-electron chi connectivity index (χ3n) is 2.56. The van der Waals surface area contributed by atoms with Crippen LogP contribution in [-0.4, -0.2) is 45.6 Å². The van der Waals surface area contributed by atoms with Gasteiger partial charge in [0.2, 0.25) is 0 Å². The second-order valence-corrected chi connectivity index (χ2v) is 6.16. The molecule has 0 aliphatic heterocycles. The van der Waals surface area contributed by atoms with Crippen molar-refractivity contribution in [3.8, 4) is 0 Å². The summed E-state index contributed by atoms with van der Waals surface area (Å²) in [5, 5.41) is 3.28. The van der Waals surface area contributed by atoms with Gasteiger partial charge in [-0.05, 0) is 25.8 Å². The molecule has 0 fully saturated rings. The largest absolute Gasteiger partial charge is 0.468 e. The maximum Gasteiger partial charge on any atom is 0.320 e. The minimum absolute atomic E-state index is 0.0456. The van der Waals surface area contributed by atoms with E-state index in [4.69, 9.17) is 0 Å². The smallest absolute Gasteiger partial charge is 0.320 e. The van der Waals surface area contributed by atoms with Crippen molar-refractivity contribution in [1.29, 1.82) is 0 Å². The van der Waals surface area contributed by atoms with E-state index < -0.39 is 21.6 Å². The summed E-state index contributed by atoms with van der Waals surface area (Å²) in [6.07, 6.45) is 2.36. The molecule has 0 amide bonds. The number of rotatable bonds is 9. The standard InChI is InChI=1S/C11H23NO4S/c1-4-10(12-5-2)7-6-8-17(14,15)9-11(13)16-3/h10,12H,4-9H2,1-3H3. The molecule has 1 atom stereocenters. The van der Waals surface area contributed by atoms with Crippen LogP contribution in [0.25, 0.3) is 0 Å². The molecule has 1 unspecified atom stereocenters. The van der Waals surface area contributed by atoms with Crippen LogP contribution in [0.4, 0.5) is 0 Å². The monoisotopic (exact) mass is 265 g/mol. The second-order valence-electron chi connectivity index (χ2n) is 3.97. The van der Waals surface area contributed by atoms with E-state index >= 15 is 0 Å². The lowest BCUT2D eigenvalue weighted by molar-refractivity contribution is -0.137. The summed E-state index contributed by atoms with van der Waals surface area (Å²) in [7, 11) is -2.12. The van der Waals surface area contributed by atoms with E-state index in [0.29, 0.717) is 12.5 Å². The molecule has 0 saturated carbocycles. The lowest BCUT2D eigenvalue weighted by Crippen LogP contribution is -2.29. The Balaban J connectivity index is 3.97. The summed E-state index contributed by atoms with van der Waals surface area (Å²) in [5.74, 6) is -1.16. The van der Waals surface area contributed by atoms with E-state index in [0.717, 1.165) is 19.4 Å². The average Bonchev–Trinajstić information content (AvgIpc) is 2.26. The van der Waals surface area contributed by atoms with E-state index in [-0.39, 0.29) is 5.75 Å². The van der Waals surface area contributed by atoms with Crippen molar-refractivity contribution in [3.05, 3.63) is 0 Å². The summed E-state index contributed by atoms with van der Waals surface area (Å²) in [6.45, 7) is 4.97. The predicted molar refractivity (Wildman–Crippen MR) is 67.7 cm³/mol. The van der Waals surface area contributed by atoms with Gasteiger partial charge in [-0.3, -0.25) is 4.79 Å². The fourth-order valence-corrected chi connectivity index (χ4v) is 2.83. The molecule has 0 aromatic carbocycles. The zero-order valence-corrected chi connectivity index (χ0v) is 11.7. The van der Waals surface area contributed by atoms with Crippen LogP contribution in [0.3, 0.4) is 0 Å². The molecule has 0 bridgehead atoms. The van der Waals surface area contributed by atoms with E-state index in [1.807, 2.05) is 6.92 Å². The number of hydrogen-bond donors (Lipinski definition) is 1. The number of hydrogen-bond acceptors (Lipinski definition) is 5. The van der Waals surface area contributed by atoms with Gasteiger partial charge in [-0.1, -0.05) is 13.8 Å². The Morgan fingerprint density at radius 1 is 1.35 bits per heavy atom. The summed E-state index contributed by atoms with van der Waals surface area (Å²) < 4.78 is 27.4. The number of carbonyl (C=O) groups is 1. The van der Waals surface area contributed by atoms with Gasteiger partial charge in [0.05, 0.1) is 12.9 Å². The van der Waals surface area contributed by atoms with Gasteiger partial charge in [0.15, 0.2) is 9.84 Å². The Kier molecular flexibility index (Phi) is 8.16. The summed E-state index contributed by atoms with van der Waals surface area (Å²) >= 11 is 0. The van der Waals surface area contributed by atoms with Gasteiger partial charge in [-0.15, -0.1) is 0 Å². The first kappa shape index (κ1) is 16.4. The number of methoxy groups -OCH3 is 1. The molecule has 0 radical (unpaired) electrons. The molecule has 0 aliphatic rings. The highest BCUT2D eigenvalue weighted by Crippen LogP contribution is 2.04. The van der Waals surface area contributed by atoms with E-state index in [2.05, 4.69) is 17.0 Å². The third kappa shape index (κ3) is 8.15. The maximum absolute atomic E-state index is 11.5. The van der Waals surface area contributed by atoms with Gasteiger partial charge in [-0.2, -0.15) is 0 Å². The van der Waals surface area contributed by atoms with Crippen LogP contribution < -0.4 is 5.32 Å². The van der Waals surface area contributed by atoms with Crippen molar-refractivity contribution in [2.24, 2.45) is 0 Å². The van der Waals surface area contributed by atoms with Gasteiger partial charge < -0.3 is 10.1 Å². The molecule has 0 saturated heterocycles. The Bertz CT molecular complexity index is 313. The fourth-order valence-electron chi connectivity index (χ4n) is 1.60. The zero-order chi connectivity index (χ0) is 13.3. The molecular formula is C11H23NO4S. The molecule has 0 aliphatic carbocycles. The van der Waals surface area contributed by atoms with Gasteiger partial charge in [-0.25, -0.2) is 8.42 Å². The molecule has 0 rings (SSSR count). The molecule has 5 nitrogen and oxygen atoms in total. The Morgan fingerprint density at radius 2 is 2.00 bits per heavy atom. The normalized spacial score (nSPS) is 13.4. The number of ether oxygens (including phenoxy) is 1. The van der Waals surface area contributed by atoms with Crippen LogP contribution in [-0.2, 0) is 19.4 Å². The first-order valence-electron chi connectivity index (χ1n) is 5.95. The fraction of sp³-hybridized carbons (Fsp3) is 0.909. The van der Waals surface area contributed by atoms with Crippen LogP contribution in [0.1, 0.15) is 33.1 Å². The predicted octanol–water partition coefficient (Wildman–Crippen LogP) is 0.743. The second kappa shape index (κ2) is 8.47. The van der Waals surface area contributed by atoms with Gasteiger partial charge in [0, 0.05) is 6.04 Å². The number of esters is 1. The quantitative estimate of drug-likeness (QED) is 0.623. The highest BCUT2D eigenvalue weighted by atomic mass is 32.2. The van der Waals surface area contributed by atoms with E-state index in [1.165, 1.54) is 7.11 Å². The Morgan fingerprint density at radius 3 is 2.47 bits per heavy atom. The average molecular weight is 265 g/mol. The third-order valence-corrected chi connectivity index (χ3v) is 4.15. The van der Waals surface area contributed by atoms with Crippen LogP contribution in [0, 0.1) is 0 Å². The van der Waals surface area contributed by atoms with Crippen molar-refractivity contribution >= 4 is 15.8 Å². The minimum atomic E-state index is -3.31. The topological polar surface area (TPSA) is 72.5 Å². The van der Waals surface area contributed by atoms with Crippen LogP contribution in [0.5, 0.6) is 0 Å². The molecule has 0 aromatic heterocycles. The van der Waals surface area contributed by atoms with Crippen molar-refractivity contribution in [2.45, 2.75) is 39.2 Å². The summed E-state index contributed by atoms with van der Waals surface area (Å²) in [4.78, 5) is 10.9. The van der Waals surface area contributed by atoms with Crippen molar-refractivity contribution in [1.82, 2.24) is 5.32 Å². The summed E-state index contributed by atoms with van der Waals surface area (Å²) in [6, 6.07) is 0.355. The summed E-state index contributed by atoms with van der Waals surface area (Å²) in [5.41, 5.74) is 0. The van der Waals surface area contributed by atoms with Crippen LogP contribution in [0.2, 0.25) is 0 Å². The highest BCUT2D eigenvalue weighted by molar-refractivity contribution is 7.92. The van der Waals surface area contributed by atoms with Crippen molar-refractivity contribution < 1.29 is 17.9 Å². The van der Waals surface area contributed by atoms with Crippen LogP contribution in [0.15, 0.2) is 0 Å². The first-order chi connectivity index (χ1) is 7.95. The van der Waals surface area contributed by atoms with Crippen molar-refractivity contribution in [3.63, 3.8) is 0 Å². The number of sulfone groups is 1. The molecule has 0 heterocycles. The minimum Gasteiger partial charge on any atom is -0.468 e. The lowest BCUT2D eigenvalue weighted by atomic mass is 10.1. The number of nitrogens with one attached hydrogen (secondary N) is 1. The Labute approximate surface area is 104 Å². The molecule has 0 aromatic rings. The zero-order valence-electron chi connectivity index (χ0n) is 10.9. The van der Waals surface area contributed by atoms with E-state index in [1.54, 1.807) is 0 Å². The maximum atomic E-state index is 11.5. The molecule has 17 heavy (non-hydrogen) atoms. The number of carbonyl (C=O) groups excluding carboxylic acids is 1. The first-order valence-corrected chi connectivity index (χ1v) is 7.78. The molecule has 6 heteroatoms. The highest BCUT2D eigenvalue weighted by Gasteiger charge is 2.17. The Hall–Kier alpha value is -0.620. The molecule has 102 valence electrons. The van der Waals surface area contributed by atoms with Gasteiger partial charge in [0.25, 0.3) is 0 Å². The van der Waals surface area contributed by atoms with Crippen molar-refractivity contribution in [2.75, 3.05) is 25.2 Å². The van der Waals surface area contributed by atoms with Gasteiger partial charge >= 0.3 is 5.97 Å².